The van der Waals surface area contributed by atoms with E-state index in [0.29, 0.717) is 33.7 Å². The fourth-order valence-corrected chi connectivity index (χ4v) is 3.24. The van der Waals surface area contributed by atoms with Crippen molar-refractivity contribution in [1.82, 2.24) is 4.98 Å². The Morgan fingerprint density at radius 1 is 0.966 bits per heavy atom. The third-order valence-corrected chi connectivity index (χ3v) is 4.79. The van der Waals surface area contributed by atoms with Crippen LogP contribution in [-0.4, -0.2) is 17.6 Å². The normalized spacial score (nSPS) is 13.1. The van der Waals surface area contributed by atoms with Crippen molar-refractivity contribution < 1.29 is 18.7 Å². The summed E-state index contributed by atoms with van der Waals surface area (Å²) in [7, 11) is 0. The Hall–Kier alpha value is -3.86. The van der Waals surface area contributed by atoms with E-state index in [-0.39, 0.29) is 18.5 Å². The summed E-state index contributed by atoms with van der Waals surface area (Å²) in [5.41, 5.74) is 4.18. The van der Waals surface area contributed by atoms with Gasteiger partial charge in [0.1, 0.15) is 5.52 Å². The zero-order valence-corrected chi connectivity index (χ0v) is 15.7. The van der Waals surface area contributed by atoms with Gasteiger partial charge in [-0.15, -0.1) is 0 Å². The van der Waals surface area contributed by atoms with Crippen LogP contribution in [0.4, 0.5) is 0 Å². The van der Waals surface area contributed by atoms with E-state index in [1.54, 1.807) is 6.08 Å². The highest BCUT2D eigenvalue weighted by Crippen LogP contribution is 2.34. The number of benzene rings is 3. The lowest BCUT2D eigenvalue weighted by Crippen LogP contribution is -2.03. The van der Waals surface area contributed by atoms with Crippen molar-refractivity contribution in [1.29, 1.82) is 0 Å². The maximum atomic E-state index is 13.3. The first-order chi connectivity index (χ1) is 14.2. The molecular weight excluding hydrogens is 366 g/mol. The summed E-state index contributed by atoms with van der Waals surface area (Å²) in [6.45, 7) is 2.18. The lowest BCUT2D eigenvalue weighted by atomic mass is 10.00. The van der Waals surface area contributed by atoms with Crippen LogP contribution < -0.4 is 9.47 Å². The zero-order valence-electron chi connectivity index (χ0n) is 15.7. The summed E-state index contributed by atoms with van der Waals surface area (Å²) in [6.07, 6.45) is 1.77. The Kier molecular flexibility index (Phi) is 4.13. The van der Waals surface area contributed by atoms with E-state index in [1.165, 1.54) is 0 Å². The molecule has 0 N–H and O–H groups in total. The SMILES string of the molecule is Cc1ccc(C(=O)/C(=C\c2ccc3c(c2)OCO3)c2nc3ccccc3o2)cc1. The number of para-hydroxylation sites is 2. The predicted molar refractivity (Wildman–Crippen MR) is 110 cm³/mol. The second-order valence-electron chi connectivity index (χ2n) is 6.85. The summed E-state index contributed by atoms with van der Waals surface area (Å²) < 4.78 is 16.7. The van der Waals surface area contributed by atoms with E-state index >= 15 is 0 Å². The first-order valence-electron chi connectivity index (χ1n) is 9.26. The quantitative estimate of drug-likeness (QED) is 0.354. The molecule has 0 radical (unpaired) electrons. The molecule has 0 spiro atoms. The molecule has 0 saturated carbocycles. The number of rotatable bonds is 4. The molecule has 29 heavy (non-hydrogen) atoms. The number of hydrogen-bond acceptors (Lipinski definition) is 5. The molecule has 1 aliphatic rings. The van der Waals surface area contributed by atoms with E-state index in [1.807, 2.05) is 73.7 Å². The van der Waals surface area contributed by atoms with Gasteiger partial charge in [-0.2, -0.15) is 0 Å². The Labute approximate surface area is 167 Å². The number of fused-ring (bicyclic) bond motifs is 2. The minimum atomic E-state index is -0.158. The van der Waals surface area contributed by atoms with Gasteiger partial charge in [0, 0.05) is 5.56 Å². The molecule has 142 valence electrons. The van der Waals surface area contributed by atoms with E-state index in [9.17, 15) is 4.79 Å². The van der Waals surface area contributed by atoms with Gasteiger partial charge in [-0.25, -0.2) is 4.98 Å². The van der Waals surface area contributed by atoms with Gasteiger partial charge in [-0.3, -0.25) is 4.79 Å². The van der Waals surface area contributed by atoms with Crippen LogP contribution in [0.25, 0.3) is 22.7 Å². The molecule has 0 saturated heterocycles. The third kappa shape index (κ3) is 3.27. The summed E-state index contributed by atoms with van der Waals surface area (Å²) in [6, 6.07) is 20.5. The molecule has 0 aliphatic carbocycles. The largest absolute Gasteiger partial charge is 0.454 e. The number of aryl methyl sites for hydroxylation is 1. The monoisotopic (exact) mass is 383 g/mol. The number of aromatic nitrogens is 1. The number of hydrogen-bond donors (Lipinski definition) is 0. The molecule has 4 aromatic rings. The Bertz CT molecular complexity index is 1220. The molecule has 0 atom stereocenters. The van der Waals surface area contributed by atoms with Crippen molar-refractivity contribution >= 4 is 28.5 Å². The second-order valence-corrected chi connectivity index (χ2v) is 6.85. The molecule has 0 fully saturated rings. The van der Waals surface area contributed by atoms with E-state index in [2.05, 4.69) is 4.98 Å². The maximum absolute atomic E-state index is 13.3. The van der Waals surface area contributed by atoms with Crippen LogP contribution in [0.1, 0.15) is 27.4 Å². The van der Waals surface area contributed by atoms with Crippen LogP contribution in [-0.2, 0) is 0 Å². The Morgan fingerprint density at radius 3 is 2.59 bits per heavy atom. The first-order valence-corrected chi connectivity index (χ1v) is 9.26. The van der Waals surface area contributed by atoms with Crippen LogP contribution in [0.2, 0.25) is 0 Å². The fourth-order valence-electron chi connectivity index (χ4n) is 3.24. The number of Topliss-reactive ketones (excluding diaryl/α,β-unsaturated/α-hetero) is 1. The van der Waals surface area contributed by atoms with Crippen molar-refractivity contribution in [2.45, 2.75) is 6.92 Å². The van der Waals surface area contributed by atoms with Gasteiger partial charge in [0.05, 0.1) is 5.57 Å². The van der Waals surface area contributed by atoms with E-state index in [4.69, 9.17) is 13.9 Å². The standard InChI is InChI=1S/C24H17NO4/c1-15-6-9-17(10-7-15)23(26)18(24-25-19-4-2-3-5-20(19)29-24)12-16-8-11-21-22(13-16)28-14-27-21/h2-13H,14H2,1H3/b18-12+. The van der Waals surface area contributed by atoms with Gasteiger partial charge in [-0.05, 0) is 42.8 Å². The number of ether oxygens (including phenoxy) is 2. The van der Waals surface area contributed by atoms with Crippen molar-refractivity contribution in [2.24, 2.45) is 0 Å². The van der Waals surface area contributed by atoms with Crippen molar-refractivity contribution in [3.05, 3.63) is 89.3 Å². The minimum Gasteiger partial charge on any atom is -0.454 e. The van der Waals surface area contributed by atoms with Crippen LogP contribution in [0.15, 0.2) is 71.1 Å². The smallest absolute Gasteiger partial charge is 0.231 e. The molecule has 5 heteroatoms. The number of nitrogens with zero attached hydrogens (tertiary/aromatic N) is 1. The predicted octanol–water partition coefficient (Wildman–Crippen LogP) is 5.29. The fraction of sp³-hybridized carbons (Fsp3) is 0.0833. The van der Waals surface area contributed by atoms with Crippen LogP contribution >= 0.6 is 0 Å². The zero-order chi connectivity index (χ0) is 19.8. The maximum Gasteiger partial charge on any atom is 0.231 e. The molecule has 2 heterocycles. The van der Waals surface area contributed by atoms with Crippen LogP contribution in [0.3, 0.4) is 0 Å². The number of oxazole rings is 1. The number of ketones is 1. The molecule has 0 amide bonds. The third-order valence-electron chi connectivity index (χ3n) is 4.79. The number of carbonyl (C=O) groups is 1. The van der Waals surface area contributed by atoms with Crippen molar-refractivity contribution in [3.8, 4) is 11.5 Å². The molecular formula is C24H17NO4. The van der Waals surface area contributed by atoms with Gasteiger partial charge in [0.15, 0.2) is 22.9 Å². The lowest BCUT2D eigenvalue weighted by molar-refractivity contribution is 0.105. The molecule has 5 nitrogen and oxygen atoms in total. The highest BCUT2D eigenvalue weighted by molar-refractivity contribution is 6.31. The molecule has 5 rings (SSSR count). The summed E-state index contributed by atoms with van der Waals surface area (Å²) in [4.78, 5) is 17.9. The molecule has 1 aromatic heterocycles. The number of carbonyl (C=O) groups excluding carboxylic acids is 1. The molecule has 0 bridgehead atoms. The molecule has 1 aliphatic heterocycles. The summed E-state index contributed by atoms with van der Waals surface area (Å²) in [5.74, 6) is 1.47. The first kappa shape index (κ1) is 17.3. The van der Waals surface area contributed by atoms with Crippen molar-refractivity contribution in [2.75, 3.05) is 6.79 Å². The topological polar surface area (TPSA) is 61.6 Å². The van der Waals surface area contributed by atoms with Gasteiger partial charge < -0.3 is 13.9 Å². The number of allylic oxidation sites excluding steroid dienone is 1. The van der Waals surface area contributed by atoms with Crippen LogP contribution in [0.5, 0.6) is 11.5 Å². The highest BCUT2D eigenvalue weighted by Gasteiger charge is 2.21. The average molecular weight is 383 g/mol. The Balaban J connectivity index is 1.64. The Morgan fingerprint density at radius 2 is 1.76 bits per heavy atom. The van der Waals surface area contributed by atoms with Crippen molar-refractivity contribution in [3.63, 3.8) is 0 Å². The molecule has 3 aromatic carbocycles. The molecule has 0 unspecified atom stereocenters. The van der Waals surface area contributed by atoms with Crippen LogP contribution in [0, 0.1) is 6.92 Å². The van der Waals surface area contributed by atoms with E-state index < -0.39 is 0 Å². The van der Waals surface area contributed by atoms with Gasteiger partial charge in [0.2, 0.25) is 12.7 Å². The highest BCUT2D eigenvalue weighted by atomic mass is 16.7. The minimum absolute atomic E-state index is 0.158. The van der Waals surface area contributed by atoms with Gasteiger partial charge >= 0.3 is 0 Å². The van der Waals surface area contributed by atoms with Gasteiger partial charge in [0.25, 0.3) is 0 Å². The van der Waals surface area contributed by atoms with Gasteiger partial charge in [-0.1, -0.05) is 48.0 Å². The second kappa shape index (κ2) is 6.95. The summed E-state index contributed by atoms with van der Waals surface area (Å²) >= 11 is 0. The summed E-state index contributed by atoms with van der Waals surface area (Å²) in [5, 5.41) is 0. The average Bonchev–Trinajstić information content (AvgIpc) is 3.38. The lowest BCUT2D eigenvalue weighted by Gasteiger charge is -2.05. The van der Waals surface area contributed by atoms with E-state index in [0.717, 1.165) is 11.1 Å².